The molecule has 0 unspecified atom stereocenters. The van der Waals surface area contributed by atoms with Crippen molar-refractivity contribution in [1.29, 1.82) is 0 Å². The number of rotatable bonds is 2. The van der Waals surface area contributed by atoms with E-state index in [-0.39, 0.29) is 5.75 Å². The lowest BCUT2D eigenvalue weighted by atomic mass is 10.2. The second-order valence-electron chi connectivity index (χ2n) is 3.30. The van der Waals surface area contributed by atoms with Crippen LogP contribution in [0.5, 0.6) is 5.75 Å². The van der Waals surface area contributed by atoms with Gasteiger partial charge >= 0.3 is 5.97 Å². The lowest BCUT2D eigenvalue weighted by molar-refractivity contribution is -0.138. The summed E-state index contributed by atoms with van der Waals surface area (Å²) in [7, 11) is 0. The van der Waals surface area contributed by atoms with Crippen molar-refractivity contribution in [3.05, 3.63) is 24.0 Å². The van der Waals surface area contributed by atoms with Gasteiger partial charge in [-0.3, -0.25) is 9.98 Å². The quantitative estimate of drug-likeness (QED) is 0.806. The van der Waals surface area contributed by atoms with Gasteiger partial charge in [0.15, 0.2) is 0 Å². The molecule has 0 saturated carbocycles. The average Bonchev–Trinajstić information content (AvgIpc) is 2.30. The fourth-order valence-electron chi connectivity index (χ4n) is 1.38. The molecule has 1 aromatic heterocycles. The smallest absolute Gasteiger partial charge is 0.328 e. The van der Waals surface area contributed by atoms with Crippen LogP contribution in [0.3, 0.4) is 0 Å². The van der Waals surface area contributed by atoms with E-state index in [0.29, 0.717) is 22.9 Å². The number of aromatic hydroxyl groups is 1. The first-order chi connectivity index (χ1) is 7.68. The lowest BCUT2D eigenvalue weighted by Crippen LogP contribution is -2.24. The molecule has 1 aliphatic rings. The number of aliphatic imine (C=N–C) groups is 1. The minimum atomic E-state index is -0.937. The van der Waals surface area contributed by atoms with E-state index in [1.165, 1.54) is 17.8 Å². The van der Waals surface area contributed by atoms with Gasteiger partial charge in [0.1, 0.15) is 22.5 Å². The van der Waals surface area contributed by atoms with E-state index in [1.54, 1.807) is 12.3 Å². The molecule has 0 spiro atoms. The number of hydrogen-bond donors (Lipinski definition) is 2. The predicted molar refractivity (Wildman–Crippen MR) is 60.9 cm³/mol. The third-order valence-corrected chi connectivity index (χ3v) is 3.19. The maximum Gasteiger partial charge on any atom is 0.328 e. The van der Waals surface area contributed by atoms with Gasteiger partial charge in [-0.2, -0.15) is 0 Å². The minimum Gasteiger partial charge on any atom is -0.506 e. The summed E-state index contributed by atoms with van der Waals surface area (Å²) in [6, 6.07) is 2.40. The van der Waals surface area contributed by atoms with Gasteiger partial charge in [0.2, 0.25) is 0 Å². The summed E-state index contributed by atoms with van der Waals surface area (Å²) >= 11 is 1.42. The molecule has 1 aromatic rings. The highest BCUT2D eigenvalue weighted by atomic mass is 32.2. The number of carboxylic acid groups (broad SMARTS) is 1. The first-order valence-electron chi connectivity index (χ1n) is 4.76. The number of thioether (sulfide) groups is 1. The van der Waals surface area contributed by atoms with Crippen LogP contribution in [-0.4, -0.2) is 38.0 Å². The Morgan fingerprint density at radius 1 is 1.56 bits per heavy atom. The Bertz CT molecular complexity index is 447. The van der Waals surface area contributed by atoms with E-state index in [9.17, 15) is 9.90 Å². The molecular weight excluding hydrogens is 228 g/mol. The summed E-state index contributed by atoms with van der Waals surface area (Å²) in [5.41, 5.74) is 0.360. The van der Waals surface area contributed by atoms with E-state index < -0.39 is 12.0 Å². The van der Waals surface area contributed by atoms with Crippen LogP contribution in [-0.2, 0) is 4.79 Å². The maximum atomic E-state index is 10.8. The lowest BCUT2D eigenvalue weighted by Gasteiger charge is -2.16. The predicted octanol–water partition coefficient (Wildman–Crippen LogP) is 1.12. The van der Waals surface area contributed by atoms with Crippen molar-refractivity contribution in [2.24, 2.45) is 4.99 Å². The number of aromatic nitrogens is 1. The second-order valence-corrected chi connectivity index (χ2v) is 4.38. The first kappa shape index (κ1) is 10.9. The minimum absolute atomic E-state index is 0.0276. The average molecular weight is 238 g/mol. The molecule has 16 heavy (non-hydrogen) atoms. The zero-order chi connectivity index (χ0) is 11.5. The molecule has 5 nitrogen and oxygen atoms in total. The molecule has 1 atom stereocenters. The number of carbonyl (C=O) groups is 1. The van der Waals surface area contributed by atoms with Gasteiger partial charge in [-0.25, -0.2) is 4.79 Å². The molecule has 0 bridgehead atoms. The zero-order valence-electron chi connectivity index (χ0n) is 8.33. The third-order valence-electron chi connectivity index (χ3n) is 2.18. The van der Waals surface area contributed by atoms with Crippen molar-refractivity contribution in [2.75, 3.05) is 5.75 Å². The molecular formula is C10H10N2O3S. The van der Waals surface area contributed by atoms with Crippen LogP contribution in [0.25, 0.3) is 0 Å². The third kappa shape index (κ3) is 2.16. The number of nitrogens with zero attached hydrogens (tertiary/aromatic N) is 2. The number of carboxylic acids is 1. The normalized spacial score (nSPS) is 20.2. The highest BCUT2D eigenvalue weighted by Gasteiger charge is 2.24. The molecule has 2 rings (SSSR count). The largest absolute Gasteiger partial charge is 0.506 e. The van der Waals surface area contributed by atoms with Gasteiger partial charge in [0, 0.05) is 11.9 Å². The Balaban J connectivity index is 2.34. The molecule has 0 amide bonds. The Labute approximate surface area is 96.2 Å². The fraction of sp³-hybridized carbons (Fsp3) is 0.300. The van der Waals surface area contributed by atoms with Crippen LogP contribution < -0.4 is 0 Å². The molecule has 0 aromatic carbocycles. The van der Waals surface area contributed by atoms with E-state index in [4.69, 9.17) is 5.11 Å². The zero-order valence-corrected chi connectivity index (χ0v) is 9.15. The number of hydrogen-bond acceptors (Lipinski definition) is 5. The number of pyridine rings is 1. The van der Waals surface area contributed by atoms with Crippen LogP contribution in [0.15, 0.2) is 23.3 Å². The highest BCUT2D eigenvalue weighted by molar-refractivity contribution is 8.14. The van der Waals surface area contributed by atoms with Crippen molar-refractivity contribution in [2.45, 2.75) is 12.5 Å². The number of aliphatic carboxylic acids is 1. The Hall–Kier alpha value is -1.56. The summed E-state index contributed by atoms with van der Waals surface area (Å²) in [5.74, 6) is -0.237. The standard InChI is InChI=1S/C10H10N2O3S/c13-7-2-1-4-11-8(7)9-12-6(10(14)15)3-5-16-9/h1-2,4,6,13H,3,5H2,(H,14,15)/t6-/m0/s1. The summed E-state index contributed by atoms with van der Waals surface area (Å²) in [6.07, 6.45) is 2.06. The van der Waals surface area contributed by atoms with E-state index >= 15 is 0 Å². The fourth-order valence-corrected chi connectivity index (χ4v) is 2.41. The van der Waals surface area contributed by atoms with Crippen molar-refractivity contribution >= 4 is 22.8 Å². The van der Waals surface area contributed by atoms with E-state index in [1.807, 2.05) is 0 Å². The summed E-state index contributed by atoms with van der Waals surface area (Å²) < 4.78 is 0. The van der Waals surface area contributed by atoms with Crippen molar-refractivity contribution in [3.8, 4) is 5.75 Å². The van der Waals surface area contributed by atoms with Gasteiger partial charge in [-0.15, -0.1) is 11.8 Å². The van der Waals surface area contributed by atoms with Gasteiger partial charge in [-0.05, 0) is 18.6 Å². The van der Waals surface area contributed by atoms with Crippen molar-refractivity contribution < 1.29 is 15.0 Å². The van der Waals surface area contributed by atoms with Crippen molar-refractivity contribution in [3.63, 3.8) is 0 Å². The molecule has 1 aliphatic heterocycles. The summed E-state index contributed by atoms with van der Waals surface area (Å²) in [6.45, 7) is 0. The van der Waals surface area contributed by atoms with Gasteiger partial charge < -0.3 is 10.2 Å². The maximum absolute atomic E-state index is 10.8. The molecule has 2 heterocycles. The van der Waals surface area contributed by atoms with E-state index in [0.717, 1.165) is 0 Å². The topological polar surface area (TPSA) is 82.8 Å². The van der Waals surface area contributed by atoms with Crippen LogP contribution in [0.1, 0.15) is 12.1 Å². The molecule has 0 saturated heterocycles. The summed E-state index contributed by atoms with van der Waals surface area (Å²) in [4.78, 5) is 18.9. The Kier molecular flexibility index (Phi) is 3.09. The molecule has 0 aliphatic carbocycles. The van der Waals surface area contributed by atoms with Crippen LogP contribution in [0, 0.1) is 0 Å². The molecule has 2 N–H and O–H groups in total. The van der Waals surface area contributed by atoms with Crippen LogP contribution >= 0.6 is 11.8 Å². The second kappa shape index (κ2) is 4.52. The van der Waals surface area contributed by atoms with Gasteiger partial charge in [-0.1, -0.05) is 0 Å². The van der Waals surface area contributed by atoms with Crippen LogP contribution in [0.2, 0.25) is 0 Å². The Morgan fingerprint density at radius 3 is 3.06 bits per heavy atom. The van der Waals surface area contributed by atoms with Gasteiger partial charge in [0.25, 0.3) is 0 Å². The summed E-state index contributed by atoms with van der Waals surface area (Å²) in [5, 5.41) is 19.0. The van der Waals surface area contributed by atoms with E-state index in [2.05, 4.69) is 9.98 Å². The molecule has 84 valence electrons. The van der Waals surface area contributed by atoms with Gasteiger partial charge in [0.05, 0.1) is 0 Å². The first-order valence-corrected chi connectivity index (χ1v) is 5.75. The molecule has 0 radical (unpaired) electrons. The SMILES string of the molecule is O=C(O)[C@@H]1CCSC(c2ncccc2O)=N1. The molecule has 0 fully saturated rings. The molecule has 6 heteroatoms. The monoisotopic (exact) mass is 238 g/mol. The Morgan fingerprint density at radius 2 is 2.38 bits per heavy atom. The highest BCUT2D eigenvalue weighted by Crippen LogP contribution is 2.26. The van der Waals surface area contributed by atoms with Crippen molar-refractivity contribution in [1.82, 2.24) is 4.98 Å². The van der Waals surface area contributed by atoms with Crippen LogP contribution in [0.4, 0.5) is 0 Å².